The van der Waals surface area contributed by atoms with Crippen LogP contribution in [0.25, 0.3) is 0 Å². The van der Waals surface area contributed by atoms with Crippen molar-refractivity contribution < 1.29 is 19.1 Å². The highest BCUT2D eigenvalue weighted by Crippen LogP contribution is 2.34. The molecule has 3 N–H and O–H groups in total. The molecule has 34 heavy (non-hydrogen) atoms. The van der Waals surface area contributed by atoms with Gasteiger partial charge in [-0.1, -0.05) is 18.2 Å². The van der Waals surface area contributed by atoms with E-state index in [4.69, 9.17) is 4.74 Å². The molecule has 1 aliphatic heterocycles. The van der Waals surface area contributed by atoms with E-state index in [2.05, 4.69) is 22.0 Å². The first-order chi connectivity index (χ1) is 16.3. The van der Waals surface area contributed by atoms with Gasteiger partial charge in [0.15, 0.2) is 0 Å². The first-order valence-electron chi connectivity index (χ1n) is 12.7. The maximum Gasteiger partial charge on any atom is 0.243 e. The molecule has 186 valence electrons. The van der Waals surface area contributed by atoms with Crippen LogP contribution in [0.1, 0.15) is 51.5 Å². The Morgan fingerprint density at radius 2 is 1.62 bits per heavy atom. The number of carbonyl (C=O) groups is 3. The van der Waals surface area contributed by atoms with Crippen molar-refractivity contribution in [2.75, 3.05) is 20.1 Å². The Labute approximate surface area is 202 Å². The Kier molecular flexibility index (Phi) is 7.76. The summed E-state index contributed by atoms with van der Waals surface area (Å²) in [6.07, 6.45) is 5.29. The van der Waals surface area contributed by atoms with Crippen molar-refractivity contribution in [1.29, 1.82) is 0 Å². The number of nitrogens with one attached hydrogen (secondary N) is 3. The summed E-state index contributed by atoms with van der Waals surface area (Å²) in [6, 6.07) is 6.42. The third-order valence-electron chi connectivity index (χ3n) is 7.19. The molecule has 0 aromatic heterocycles. The van der Waals surface area contributed by atoms with Crippen LogP contribution in [-0.2, 0) is 20.8 Å². The molecule has 4 rings (SSSR count). The van der Waals surface area contributed by atoms with E-state index in [0.717, 1.165) is 49.8 Å². The fourth-order valence-corrected chi connectivity index (χ4v) is 4.55. The largest absolute Gasteiger partial charge is 0.489 e. The lowest BCUT2D eigenvalue weighted by Gasteiger charge is -2.31. The van der Waals surface area contributed by atoms with Gasteiger partial charge in [0.05, 0.1) is 6.04 Å². The number of hydrogen-bond donors (Lipinski definition) is 3. The number of amides is 3. The number of benzene rings is 1. The van der Waals surface area contributed by atoms with Crippen molar-refractivity contribution in [3.63, 3.8) is 0 Å². The van der Waals surface area contributed by atoms with Crippen LogP contribution >= 0.6 is 0 Å². The van der Waals surface area contributed by atoms with Gasteiger partial charge in [-0.05, 0) is 75.8 Å². The quantitative estimate of drug-likeness (QED) is 0.610. The van der Waals surface area contributed by atoms with Gasteiger partial charge in [0, 0.05) is 20.1 Å². The molecule has 3 aliphatic rings. The minimum Gasteiger partial charge on any atom is -0.489 e. The molecule has 0 unspecified atom stereocenters. The molecule has 2 fully saturated rings. The van der Waals surface area contributed by atoms with Gasteiger partial charge in [0.1, 0.15) is 23.9 Å². The second-order valence-electron chi connectivity index (χ2n) is 10.1. The van der Waals surface area contributed by atoms with Gasteiger partial charge < -0.3 is 25.6 Å². The molecule has 1 aromatic carbocycles. The average Bonchev–Trinajstić information content (AvgIpc) is 3.73. The number of rotatable bonds is 2. The molecule has 8 nitrogen and oxygen atoms in total. The fraction of sp³-hybridized carbons (Fsp3) is 0.654. The summed E-state index contributed by atoms with van der Waals surface area (Å²) < 4.78 is 6.23. The van der Waals surface area contributed by atoms with Gasteiger partial charge in [0.2, 0.25) is 17.7 Å². The van der Waals surface area contributed by atoms with Crippen LogP contribution in [0.5, 0.6) is 5.75 Å². The van der Waals surface area contributed by atoms with Crippen LogP contribution in [0.2, 0.25) is 0 Å². The monoisotopic (exact) mass is 470 g/mol. The molecule has 8 heteroatoms. The lowest BCUT2D eigenvalue weighted by molar-refractivity contribution is -0.141. The van der Waals surface area contributed by atoms with Crippen LogP contribution in [-0.4, -0.2) is 67.0 Å². The number of nitrogens with zero attached hydrogens (tertiary/aromatic N) is 1. The summed E-state index contributed by atoms with van der Waals surface area (Å²) in [6.45, 7) is 4.78. The van der Waals surface area contributed by atoms with Crippen molar-refractivity contribution in [2.45, 2.75) is 76.6 Å². The van der Waals surface area contributed by atoms with Crippen LogP contribution < -0.4 is 20.7 Å². The first-order valence-corrected chi connectivity index (χ1v) is 12.7. The summed E-state index contributed by atoms with van der Waals surface area (Å²) in [5.74, 6) is 0.760. The van der Waals surface area contributed by atoms with Gasteiger partial charge >= 0.3 is 0 Å². The van der Waals surface area contributed by atoms with Crippen LogP contribution in [0, 0.1) is 11.8 Å². The van der Waals surface area contributed by atoms with Gasteiger partial charge in [-0.2, -0.15) is 0 Å². The number of fused-ring (bicyclic) bond motifs is 1. The smallest absolute Gasteiger partial charge is 0.243 e. The summed E-state index contributed by atoms with van der Waals surface area (Å²) in [5.41, 5.74) is 1.10. The van der Waals surface area contributed by atoms with Crippen molar-refractivity contribution in [1.82, 2.24) is 20.9 Å². The zero-order valence-electron chi connectivity index (χ0n) is 20.5. The number of para-hydroxylation sites is 1. The van der Waals surface area contributed by atoms with E-state index < -0.39 is 12.1 Å². The number of carbonyl (C=O) groups excluding carboxylic acids is 3. The number of hydrogen-bond acceptors (Lipinski definition) is 5. The SMILES string of the molecule is C[C@@H]1CN[C@@H](C2CC2)C(=O)N(C)[C@H](C)C(=O)N[C@H](C2CC2)C(=O)NCCCc2ccccc2O1. The Morgan fingerprint density at radius 3 is 2.32 bits per heavy atom. The first kappa shape index (κ1) is 24.5. The highest BCUT2D eigenvalue weighted by molar-refractivity contribution is 5.93. The topological polar surface area (TPSA) is 99.8 Å². The summed E-state index contributed by atoms with van der Waals surface area (Å²) >= 11 is 0. The van der Waals surface area contributed by atoms with Crippen LogP contribution in [0.3, 0.4) is 0 Å². The minimum absolute atomic E-state index is 0.0914. The molecule has 2 aliphatic carbocycles. The maximum absolute atomic E-state index is 13.3. The van der Waals surface area contributed by atoms with Crippen molar-refractivity contribution >= 4 is 17.7 Å². The minimum atomic E-state index is -0.663. The fourth-order valence-electron chi connectivity index (χ4n) is 4.55. The Bertz CT molecular complexity index is 899. The Balaban J connectivity index is 1.53. The zero-order chi connectivity index (χ0) is 24.2. The molecule has 1 aromatic rings. The molecule has 4 atom stereocenters. The average molecular weight is 471 g/mol. The van der Waals surface area contributed by atoms with E-state index in [-0.39, 0.29) is 41.7 Å². The molecule has 0 bridgehead atoms. The Hall–Kier alpha value is -2.61. The van der Waals surface area contributed by atoms with E-state index in [1.807, 2.05) is 25.1 Å². The number of aryl methyl sites for hydroxylation is 1. The predicted molar refractivity (Wildman–Crippen MR) is 129 cm³/mol. The number of likely N-dealkylation sites (N-methyl/N-ethyl adjacent to an activating group) is 1. The Morgan fingerprint density at radius 1 is 0.941 bits per heavy atom. The van der Waals surface area contributed by atoms with E-state index >= 15 is 0 Å². The van der Waals surface area contributed by atoms with E-state index in [1.54, 1.807) is 14.0 Å². The van der Waals surface area contributed by atoms with Crippen molar-refractivity contribution in [2.24, 2.45) is 11.8 Å². The maximum atomic E-state index is 13.3. The van der Waals surface area contributed by atoms with E-state index in [1.165, 1.54) is 4.90 Å². The van der Waals surface area contributed by atoms with Gasteiger partial charge in [-0.25, -0.2) is 0 Å². The van der Waals surface area contributed by atoms with E-state index in [9.17, 15) is 14.4 Å². The predicted octanol–water partition coefficient (Wildman–Crippen LogP) is 1.63. The third-order valence-corrected chi connectivity index (χ3v) is 7.19. The highest BCUT2D eigenvalue weighted by Gasteiger charge is 2.41. The van der Waals surface area contributed by atoms with Gasteiger partial charge in [-0.15, -0.1) is 0 Å². The van der Waals surface area contributed by atoms with Crippen molar-refractivity contribution in [3.05, 3.63) is 29.8 Å². The molecular weight excluding hydrogens is 432 g/mol. The lowest BCUT2D eigenvalue weighted by atomic mass is 10.1. The standard InChI is InChI=1S/C26H38N4O4/c1-16-15-28-23(20-12-13-20)26(33)30(3)17(2)24(31)29-22(19-10-11-19)25(32)27-14-6-8-18-7-4-5-9-21(18)34-16/h4-5,7,9,16-17,19-20,22-23,28H,6,8,10-15H2,1-3H3,(H,27,32)(H,29,31)/t16-,17-,22-,23+/m1/s1. The van der Waals surface area contributed by atoms with Crippen LogP contribution in [0.4, 0.5) is 0 Å². The lowest BCUT2D eigenvalue weighted by Crippen LogP contribution is -2.57. The molecule has 0 radical (unpaired) electrons. The molecule has 1 heterocycles. The third kappa shape index (κ3) is 6.09. The second kappa shape index (κ2) is 10.8. The normalized spacial score (nSPS) is 30.3. The van der Waals surface area contributed by atoms with Crippen molar-refractivity contribution in [3.8, 4) is 5.75 Å². The molecular formula is C26H38N4O4. The van der Waals surface area contributed by atoms with Gasteiger partial charge in [-0.3, -0.25) is 14.4 Å². The summed E-state index contributed by atoms with van der Waals surface area (Å²) in [5, 5.41) is 9.34. The van der Waals surface area contributed by atoms with Crippen LogP contribution in [0.15, 0.2) is 24.3 Å². The second-order valence-corrected chi connectivity index (χ2v) is 10.1. The molecule has 0 spiro atoms. The zero-order valence-corrected chi connectivity index (χ0v) is 20.5. The molecule has 2 saturated carbocycles. The summed E-state index contributed by atoms with van der Waals surface area (Å²) in [4.78, 5) is 40.7. The van der Waals surface area contributed by atoms with Gasteiger partial charge in [0.25, 0.3) is 0 Å². The summed E-state index contributed by atoms with van der Waals surface area (Å²) in [7, 11) is 1.67. The van der Waals surface area contributed by atoms with E-state index in [0.29, 0.717) is 13.1 Å². The molecule has 0 saturated heterocycles. The number of ether oxygens (including phenoxy) is 1. The highest BCUT2D eigenvalue weighted by atomic mass is 16.5. The molecule has 3 amide bonds.